The number of benzene rings is 1. The van der Waals surface area contributed by atoms with Crippen molar-refractivity contribution in [3.63, 3.8) is 0 Å². The van der Waals surface area contributed by atoms with Gasteiger partial charge in [0.15, 0.2) is 0 Å². The van der Waals surface area contributed by atoms with Gasteiger partial charge in [-0.2, -0.15) is 0 Å². The van der Waals surface area contributed by atoms with Crippen LogP contribution in [0.15, 0.2) is 24.3 Å². The largest absolute Gasteiger partial charge is 0.573 e. The first-order valence-electron chi connectivity index (χ1n) is 7.28. The number of hydrogen-bond donors (Lipinski definition) is 1. The molecule has 7 heteroatoms. The van der Waals surface area contributed by atoms with Crippen molar-refractivity contribution in [2.75, 3.05) is 26.2 Å². The summed E-state index contributed by atoms with van der Waals surface area (Å²) in [5.41, 5.74) is 0.388. The fourth-order valence-electron chi connectivity index (χ4n) is 3.20. The van der Waals surface area contributed by atoms with Crippen LogP contribution in [0, 0.1) is 11.8 Å². The Morgan fingerprint density at radius 2 is 1.86 bits per heavy atom. The van der Waals surface area contributed by atoms with Gasteiger partial charge in [-0.3, -0.25) is 4.79 Å². The molecule has 0 aromatic heterocycles. The van der Waals surface area contributed by atoms with Crippen molar-refractivity contribution in [1.29, 1.82) is 0 Å². The lowest BCUT2D eigenvalue weighted by Gasteiger charge is -2.34. The van der Waals surface area contributed by atoms with Crippen molar-refractivity contribution in [2.24, 2.45) is 11.8 Å². The molecule has 2 aliphatic heterocycles. The minimum atomic E-state index is -4.72. The van der Waals surface area contributed by atoms with Gasteiger partial charge in [-0.25, -0.2) is 0 Å². The third kappa shape index (κ3) is 3.35. The van der Waals surface area contributed by atoms with Crippen LogP contribution in [0.2, 0.25) is 0 Å². The second-order valence-electron chi connectivity index (χ2n) is 5.79. The van der Waals surface area contributed by atoms with E-state index in [0.29, 0.717) is 30.5 Å². The standard InChI is InChI=1S/C15H17F3N2O2/c16-15(17,18)22-13-3-1-10(2-4-13)14(21)20-6-5-11-7-19-8-12(11)9-20/h1-4,11-12,19H,5-9H2. The van der Waals surface area contributed by atoms with Crippen molar-refractivity contribution in [3.05, 3.63) is 29.8 Å². The molecule has 2 unspecified atom stereocenters. The minimum Gasteiger partial charge on any atom is -0.406 e. The SMILES string of the molecule is O=C(c1ccc(OC(F)(F)F)cc1)N1CCC2CNCC2C1. The molecule has 2 aliphatic rings. The summed E-state index contributed by atoms with van der Waals surface area (Å²) in [6.07, 6.45) is -3.75. The van der Waals surface area contributed by atoms with Gasteiger partial charge in [0.2, 0.25) is 0 Å². The highest BCUT2D eigenvalue weighted by Gasteiger charge is 2.35. The van der Waals surface area contributed by atoms with Crippen molar-refractivity contribution in [3.8, 4) is 5.75 Å². The van der Waals surface area contributed by atoms with Gasteiger partial charge >= 0.3 is 6.36 Å². The summed E-state index contributed by atoms with van der Waals surface area (Å²) < 4.78 is 40.1. The molecule has 22 heavy (non-hydrogen) atoms. The Morgan fingerprint density at radius 3 is 2.55 bits per heavy atom. The third-order valence-electron chi connectivity index (χ3n) is 4.33. The number of fused-ring (bicyclic) bond motifs is 1. The molecule has 2 heterocycles. The number of rotatable bonds is 2. The quantitative estimate of drug-likeness (QED) is 0.910. The molecule has 0 saturated carbocycles. The summed E-state index contributed by atoms with van der Waals surface area (Å²) in [7, 11) is 0. The van der Waals surface area contributed by atoms with Crippen molar-refractivity contribution in [1.82, 2.24) is 10.2 Å². The second-order valence-corrected chi connectivity index (χ2v) is 5.79. The number of carbonyl (C=O) groups is 1. The highest BCUT2D eigenvalue weighted by molar-refractivity contribution is 5.94. The van der Waals surface area contributed by atoms with Gasteiger partial charge in [-0.05, 0) is 55.6 Å². The molecule has 0 radical (unpaired) electrons. The summed E-state index contributed by atoms with van der Waals surface area (Å²) in [6, 6.07) is 5.10. The van der Waals surface area contributed by atoms with Crippen LogP contribution in [0.5, 0.6) is 5.75 Å². The van der Waals surface area contributed by atoms with Crippen LogP contribution in [0.4, 0.5) is 13.2 Å². The van der Waals surface area contributed by atoms with Gasteiger partial charge in [0.25, 0.3) is 5.91 Å². The van der Waals surface area contributed by atoms with Crippen molar-refractivity contribution in [2.45, 2.75) is 12.8 Å². The van der Waals surface area contributed by atoms with E-state index in [0.717, 1.165) is 19.5 Å². The van der Waals surface area contributed by atoms with E-state index in [-0.39, 0.29) is 11.7 Å². The molecule has 0 spiro atoms. The Bertz CT molecular complexity index is 545. The van der Waals surface area contributed by atoms with Crippen LogP contribution in [-0.2, 0) is 0 Å². The van der Waals surface area contributed by atoms with Crippen LogP contribution >= 0.6 is 0 Å². The topological polar surface area (TPSA) is 41.6 Å². The number of halogens is 3. The Kier molecular flexibility index (Phi) is 3.99. The zero-order valence-corrected chi connectivity index (χ0v) is 11.9. The van der Waals surface area contributed by atoms with E-state index in [9.17, 15) is 18.0 Å². The molecule has 4 nitrogen and oxygen atoms in total. The maximum Gasteiger partial charge on any atom is 0.573 e. The van der Waals surface area contributed by atoms with E-state index >= 15 is 0 Å². The van der Waals surface area contributed by atoms with Crippen LogP contribution in [0.3, 0.4) is 0 Å². The van der Waals surface area contributed by atoms with E-state index in [1.807, 2.05) is 0 Å². The molecule has 2 fully saturated rings. The van der Waals surface area contributed by atoms with Crippen LogP contribution < -0.4 is 10.1 Å². The third-order valence-corrected chi connectivity index (χ3v) is 4.33. The molecule has 3 rings (SSSR count). The number of nitrogens with zero attached hydrogens (tertiary/aromatic N) is 1. The molecule has 1 aromatic rings. The first-order valence-corrected chi connectivity index (χ1v) is 7.28. The fraction of sp³-hybridized carbons (Fsp3) is 0.533. The number of piperidine rings is 1. The highest BCUT2D eigenvalue weighted by Crippen LogP contribution is 2.28. The zero-order chi connectivity index (χ0) is 15.7. The second kappa shape index (κ2) is 5.79. The number of amides is 1. The Morgan fingerprint density at radius 1 is 1.18 bits per heavy atom. The predicted octanol–water partition coefficient (Wildman–Crippen LogP) is 2.27. The summed E-state index contributed by atoms with van der Waals surface area (Å²) >= 11 is 0. The van der Waals surface area contributed by atoms with E-state index < -0.39 is 6.36 Å². The highest BCUT2D eigenvalue weighted by atomic mass is 19.4. The van der Waals surface area contributed by atoms with Gasteiger partial charge in [0.1, 0.15) is 5.75 Å². The van der Waals surface area contributed by atoms with E-state index in [1.165, 1.54) is 24.3 Å². The monoisotopic (exact) mass is 314 g/mol. The zero-order valence-electron chi connectivity index (χ0n) is 11.9. The maximum atomic E-state index is 12.4. The Balaban J connectivity index is 1.65. The normalized spacial score (nSPS) is 25.0. The number of likely N-dealkylation sites (tertiary alicyclic amines) is 1. The van der Waals surface area contributed by atoms with Crippen molar-refractivity contribution < 1.29 is 22.7 Å². The summed E-state index contributed by atoms with van der Waals surface area (Å²) in [5.74, 6) is 0.656. The van der Waals surface area contributed by atoms with E-state index in [1.54, 1.807) is 4.90 Å². The first-order chi connectivity index (χ1) is 10.4. The van der Waals surface area contributed by atoms with Gasteiger partial charge < -0.3 is 15.0 Å². The molecule has 0 aliphatic carbocycles. The first kappa shape index (κ1) is 15.1. The van der Waals surface area contributed by atoms with Crippen LogP contribution in [0.25, 0.3) is 0 Å². The predicted molar refractivity (Wildman–Crippen MR) is 73.5 cm³/mol. The van der Waals surface area contributed by atoms with E-state index in [4.69, 9.17) is 0 Å². The molecule has 2 saturated heterocycles. The molecule has 1 N–H and O–H groups in total. The van der Waals surface area contributed by atoms with Crippen LogP contribution in [0.1, 0.15) is 16.8 Å². The molecule has 1 amide bonds. The number of hydrogen-bond acceptors (Lipinski definition) is 3. The maximum absolute atomic E-state index is 12.4. The Hall–Kier alpha value is -1.76. The van der Waals surface area contributed by atoms with Gasteiger partial charge in [0.05, 0.1) is 0 Å². The van der Waals surface area contributed by atoms with Crippen molar-refractivity contribution >= 4 is 5.91 Å². The number of carbonyl (C=O) groups excluding carboxylic acids is 1. The fourth-order valence-corrected chi connectivity index (χ4v) is 3.20. The smallest absolute Gasteiger partial charge is 0.406 e. The van der Waals surface area contributed by atoms with Gasteiger partial charge in [-0.1, -0.05) is 0 Å². The lowest BCUT2D eigenvalue weighted by Crippen LogP contribution is -2.43. The number of alkyl halides is 3. The average molecular weight is 314 g/mol. The lowest BCUT2D eigenvalue weighted by atomic mass is 9.88. The molecular weight excluding hydrogens is 297 g/mol. The van der Waals surface area contributed by atoms with E-state index in [2.05, 4.69) is 10.1 Å². The summed E-state index contributed by atoms with van der Waals surface area (Å²) in [6.45, 7) is 3.34. The number of ether oxygens (including phenoxy) is 1. The lowest BCUT2D eigenvalue weighted by molar-refractivity contribution is -0.274. The average Bonchev–Trinajstić information content (AvgIpc) is 2.93. The summed E-state index contributed by atoms with van der Waals surface area (Å²) in [5, 5.41) is 3.33. The molecule has 2 atom stereocenters. The molecular formula is C15H17F3N2O2. The molecule has 1 aromatic carbocycles. The Labute approximate surface area is 126 Å². The minimum absolute atomic E-state index is 0.135. The number of nitrogens with one attached hydrogen (secondary N) is 1. The van der Waals surface area contributed by atoms with Gasteiger partial charge in [0, 0.05) is 18.7 Å². The summed E-state index contributed by atoms with van der Waals surface area (Å²) in [4.78, 5) is 14.2. The molecule has 120 valence electrons. The molecule has 0 bridgehead atoms. The van der Waals surface area contributed by atoms with Gasteiger partial charge in [-0.15, -0.1) is 13.2 Å². The van der Waals surface area contributed by atoms with Crippen LogP contribution in [-0.4, -0.2) is 43.3 Å².